The molecule has 1 heterocycles. The molecular formula is C16H17NO4. The number of imide groups is 3. The molecule has 0 saturated carbocycles. The number of ether oxygens (including phenoxy) is 1. The van der Waals surface area contributed by atoms with Crippen LogP contribution in [0.15, 0.2) is 30.9 Å². The Hall–Kier alpha value is -2.43. The minimum Gasteiger partial charge on any atom is -0.443 e. The smallest absolute Gasteiger partial charge is 0.424 e. The molecule has 0 bridgehead atoms. The quantitative estimate of drug-likeness (QED) is 0.619. The van der Waals surface area contributed by atoms with Crippen molar-refractivity contribution in [3.63, 3.8) is 0 Å². The van der Waals surface area contributed by atoms with Crippen LogP contribution < -0.4 is 0 Å². The molecule has 3 amide bonds. The van der Waals surface area contributed by atoms with E-state index in [2.05, 4.69) is 6.58 Å². The molecule has 0 aromatic heterocycles. The van der Waals surface area contributed by atoms with Crippen LogP contribution in [-0.2, 0) is 11.2 Å². The molecule has 1 aromatic carbocycles. The van der Waals surface area contributed by atoms with Crippen molar-refractivity contribution in [2.45, 2.75) is 32.8 Å². The zero-order chi connectivity index (χ0) is 15.8. The van der Waals surface area contributed by atoms with Gasteiger partial charge in [-0.2, -0.15) is 4.90 Å². The highest BCUT2D eigenvalue weighted by atomic mass is 16.6. The first-order valence-electron chi connectivity index (χ1n) is 6.61. The van der Waals surface area contributed by atoms with Crippen molar-refractivity contribution >= 4 is 17.9 Å². The van der Waals surface area contributed by atoms with Gasteiger partial charge in [-0.15, -0.1) is 6.58 Å². The van der Waals surface area contributed by atoms with Gasteiger partial charge in [0.1, 0.15) is 5.60 Å². The molecule has 0 spiro atoms. The lowest BCUT2D eigenvalue weighted by Gasteiger charge is -2.22. The molecule has 5 heteroatoms. The van der Waals surface area contributed by atoms with E-state index in [1.807, 2.05) is 0 Å². The number of nitrogens with zero attached hydrogens (tertiary/aromatic N) is 1. The fourth-order valence-electron chi connectivity index (χ4n) is 2.15. The van der Waals surface area contributed by atoms with Crippen LogP contribution in [0.4, 0.5) is 4.79 Å². The summed E-state index contributed by atoms with van der Waals surface area (Å²) >= 11 is 0. The van der Waals surface area contributed by atoms with Crippen molar-refractivity contribution in [1.29, 1.82) is 0 Å². The number of hydrogen-bond acceptors (Lipinski definition) is 4. The van der Waals surface area contributed by atoms with Crippen molar-refractivity contribution in [3.05, 3.63) is 47.5 Å². The summed E-state index contributed by atoms with van der Waals surface area (Å²) in [6.07, 6.45) is 1.15. The van der Waals surface area contributed by atoms with Crippen molar-refractivity contribution in [2.24, 2.45) is 0 Å². The molecular weight excluding hydrogens is 270 g/mol. The molecule has 0 saturated heterocycles. The van der Waals surface area contributed by atoms with Gasteiger partial charge in [0, 0.05) is 0 Å². The van der Waals surface area contributed by atoms with E-state index in [0.717, 1.165) is 0 Å². The third-order valence-electron chi connectivity index (χ3n) is 2.94. The monoisotopic (exact) mass is 287 g/mol. The van der Waals surface area contributed by atoms with Gasteiger partial charge in [-0.05, 0) is 38.8 Å². The molecule has 5 nitrogen and oxygen atoms in total. The Kier molecular flexibility index (Phi) is 3.68. The zero-order valence-electron chi connectivity index (χ0n) is 12.3. The number of hydrogen-bond donors (Lipinski definition) is 0. The molecule has 1 aliphatic rings. The van der Waals surface area contributed by atoms with Crippen LogP contribution in [0.2, 0.25) is 0 Å². The largest absolute Gasteiger partial charge is 0.443 e. The summed E-state index contributed by atoms with van der Waals surface area (Å²) in [7, 11) is 0. The highest BCUT2D eigenvalue weighted by molar-refractivity contribution is 6.28. The van der Waals surface area contributed by atoms with E-state index < -0.39 is 23.5 Å². The average molecular weight is 287 g/mol. The minimum atomic E-state index is -0.946. The maximum absolute atomic E-state index is 12.4. The van der Waals surface area contributed by atoms with Gasteiger partial charge in [-0.1, -0.05) is 18.2 Å². The summed E-state index contributed by atoms with van der Waals surface area (Å²) in [5.74, 6) is -1.28. The number of fused-ring (bicyclic) bond motifs is 1. The number of rotatable bonds is 2. The van der Waals surface area contributed by atoms with Gasteiger partial charge in [0.05, 0.1) is 11.1 Å². The summed E-state index contributed by atoms with van der Waals surface area (Å²) in [5.41, 5.74) is 0.376. The molecule has 0 N–H and O–H groups in total. The van der Waals surface area contributed by atoms with E-state index in [0.29, 0.717) is 16.9 Å². The standard InChI is InChI=1S/C16H17NO4/c1-5-7-10-8-6-9-11-12(10)14(19)17(13(11)18)15(20)21-16(2,3)4/h5-6,8-9H,1,7H2,2-4H3. The van der Waals surface area contributed by atoms with Crippen LogP contribution in [0.3, 0.4) is 0 Å². The Morgan fingerprint density at radius 2 is 1.95 bits per heavy atom. The molecule has 1 aromatic rings. The molecule has 0 unspecified atom stereocenters. The lowest BCUT2D eigenvalue weighted by Crippen LogP contribution is -2.40. The van der Waals surface area contributed by atoms with Crippen LogP contribution in [0.25, 0.3) is 0 Å². The minimum absolute atomic E-state index is 0.227. The Morgan fingerprint density at radius 1 is 1.29 bits per heavy atom. The first-order chi connectivity index (χ1) is 9.76. The lowest BCUT2D eigenvalue weighted by molar-refractivity contribution is 0.0255. The lowest BCUT2D eigenvalue weighted by atomic mass is 10.0. The summed E-state index contributed by atoms with van der Waals surface area (Å²) < 4.78 is 5.12. The molecule has 0 atom stereocenters. The van der Waals surface area contributed by atoms with Crippen molar-refractivity contribution in [3.8, 4) is 0 Å². The van der Waals surface area contributed by atoms with Gasteiger partial charge in [0.15, 0.2) is 0 Å². The Labute approximate surface area is 123 Å². The Bertz CT molecular complexity index is 640. The Balaban J connectivity index is 2.41. The predicted molar refractivity (Wildman–Crippen MR) is 77.1 cm³/mol. The topological polar surface area (TPSA) is 63.7 Å². The van der Waals surface area contributed by atoms with Gasteiger partial charge < -0.3 is 4.74 Å². The van der Waals surface area contributed by atoms with Crippen LogP contribution in [0.1, 0.15) is 47.1 Å². The second-order valence-corrected chi connectivity index (χ2v) is 5.76. The Morgan fingerprint density at radius 3 is 2.52 bits per heavy atom. The van der Waals surface area contributed by atoms with Gasteiger partial charge in [-0.3, -0.25) is 9.59 Å². The fraction of sp³-hybridized carbons (Fsp3) is 0.312. The van der Waals surface area contributed by atoms with Gasteiger partial charge in [0.25, 0.3) is 11.8 Å². The van der Waals surface area contributed by atoms with Crippen LogP contribution in [0, 0.1) is 0 Å². The fourth-order valence-corrected chi connectivity index (χ4v) is 2.15. The number of allylic oxidation sites excluding steroid dienone is 1. The second kappa shape index (κ2) is 5.16. The number of benzene rings is 1. The predicted octanol–water partition coefficient (Wildman–Crippen LogP) is 2.95. The summed E-state index contributed by atoms with van der Waals surface area (Å²) in [4.78, 5) is 37.3. The molecule has 0 aliphatic carbocycles. The van der Waals surface area contributed by atoms with E-state index >= 15 is 0 Å². The van der Waals surface area contributed by atoms with Crippen molar-refractivity contribution in [1.82, 2.24) is 4.90 Å². The first-order valence-corrected chi connectivity index (χ1v) is 6.61. The third-order valence-corrected chi connectivity index (χ3v) is 2.94. The normalized spacial score (nSPS) is 14.1. The van der Waals surface area contributed by atoms with E-state index in [1.165, 1.54) is 6.07 Å². The highest BCUT2D eigenvalue weighted by Crippen LogP contribution is 2.28. The van der Waals surface area contributed by atoms with E-state index in [4.69, 9.17) is 4.74 Å². The number of amides is 3. The third kappa shape index (κ3) is 2.72. The maximum atomic E-state index is 12.4. The number of carbonyl (C=O) groups excluding carboxylic acids is 3. The summed E-state index contributed by atoms with van der Waals surface area (Å²) in [6, 6.07) is 4.96. The van der Waals surface area contributed by atoms with Crippen molar-refractivity contribution in [2.75, 3.05) is 0 Å². The molecule has 21 heavy (non-hydrogen) atoms. The first kappa shape index (κ1) is 15.0. The molecule has 110 valence electrons. The molecule has 0 radical (unpaired) electrons. The summed E-state index contributed by atoms with van der Waals surface area (Å²) in [5, 5.41) is 0. The van der Waals surface area contributed by atoms with Gasteiger partial charge in [-0.25, -0.2) is 4.79 Å². The second-order valence-electron chi connectivity index (χ2n) is 5.76. The molecule has 2 rings (SSSR count). The van der Waals surface area contributed by atoms with Gasteiger partial charge in [0.2, 0.25) is 0 Å². The van der Waals surface area contributed by atoms with Crippen molar-refractivity contribution < 1.29 is 19.1 Å². The van der Waals surface area contributed by atoms with Crippen LogP contribution in [-0.4, -0.2) is 28.4 Å². The average Bonchev–Trinajstić information content (AvgIpc) is 2.61. The molecule has 0 fully saturated rings. The van der Waals surface area contributed by atoms with E-state index in [9.17, 15) is 14.4 Å². The number of carbonyl (C=O) groups is 3. The van der Waals surface area contributed by atoms with Crippen LogP contribution in [0.5, 0.6) is 0 Å². The van der Waals surface area contributed by atoms with Gasteiger partial charge >= 0.3 is 6.09 Å². The molecule has 1 aliphatic heterocycles. The SMILES string of the molecule is C=CCc1cccc2c1C(=O)N(C(=O)OC(C)(C)C)C2=O. The maximum Gasteiger partial charge on any atom is 0.424 e. The van der Waals surface area contributed by atoms with Crippen LogP contribution >= 0.6 is 0 Å². The zero-order valence-corrected chi connectivity index (χ0v) is 12.3. The summed E-state index contributed by atoms with van der Waals surface area (Å²) in [6.45, 7) is 8.65. The van der Waals surface area contributed by atoms with E-state index in [1.54, 1.807) is 39.0 Å². The van der Waals surface area contributed by atoms with E-state index in [-0.39, 0.29) is 11.1 Å². The highest BCUT2D eigenvalue weighted by Gasteiger charge is 2.43.